The van der Waals surface area contributed by atoms with E-state index in [1.807, 2.05) is 0 Å². The molecule has 7 nitrogen and oxygen atoms in total. The summed E-state index contributed by atoms with van der Waals surface area (Å²) in [5.74, 6) is -0.320. The number of ether oxygens (including phenoxy) is 1. The van der Waals surface area contributed by atoms with Crippen molar-refractivity contribution in [1.82, 2.24) is 20.3 Å². The van der Waals surface area contributed by atoms with Crippen molar-refractivity contribution in [1.29, 1.82) is 0 Å². The number of nitrogens with zero attached hydrogens (tertiary/aromatic N) is 3. The summed E-state index contributed by atoms with van der Waals surface area (Å²) in [6.45, 7) is 2.49. The summed E-state index contributed by atoms with van der Waals surface area (Å²) in [5.41, 5.74) is 0.549. The lowest BCUT2D eigenvalue weighted by atomic mass is 9.94. The smallest absolute Gasteiger partial charge is 0.329 e. The van der Waals surface area contributed by atoms with Crippen LogP contribution in [0.4, 0.5) is 0 Å². The molecule has 1 heterocycles. The molecule has 1 aromatic heterocycles. The lowest BCUT2D eigenvalue weighted by molar-refractivity contribution is -0.146. The topological polar surface area (TPSA) is 89.3 Å². The molecule has 1 unspecified atom stereocenters. The molecule has 7 heteroatoms. The predicted octanol–water partition coefficient (Wildman–Crippen LogP) is 0.797. The number of carbonyl (C=O) groups excluding carboxylic acids is 1. The van der Waals surface area contributed by atoms with Gasteiger partial charge >= 0.3 is 5.97 Å². The maximum Gasteiger partial charge on any atom is 0.329 e. The quantitative estimate of drug-likeness (QED) is 0.723. The van der Waals surface area contributed by atoms with Gasteiger partial charge in [-0.2, -0.15) is 0 Å². The summed E-state index contributed by atoms with van der Waals surface area (Å²) in [7, 11) is 0. The molecule has 21 heavy (non-hydrogen) atoms. The minimum absolute atomic E-state index is 0.0110. The molecule has 2 N–H and O–H groups in total. The Hall–Kier alpha value is -1.47. The van der Waals surface area contributed by atoms with E-state index >= 15 is 0 Å². The molecule has 1 saturated carbocycles. The third kappa shape index (κ3) is 4.50. The van der Waals surface area contributed by atoms with Gasteiger partial charge in [-0.15, -0.1) is 5.10 Å². The standard InChI is InChI=1S/C14H24N4O3/c1-2-21-14(20)13(15-11-6-4-3-5-7-11)12-10-18(8-9-19)17-16-12/h10-11,13,15,19H,2-9H2,1H3. The maximum atomic E-state index is 12.2. The number of aliphatic hydroxyl groups is 1. The van der Waals surface area contributed by atoms with Crippen molar-refractivity contribution in [2.45, 2.75) is 57.7 Å². The number of aliphatic hydroxyl groups excluding tert-OH is 1. The Morgan fingerprint density at radius 3 is 2.95 bits per heavy atom. The first-order valence-corrected chi connectivity index (χ1v) is 7.68. The van der Waals surface area contributed by atoms with Crippen molar-refractivity contribution in [3.05, 3.63) is 11.9 Å². The van der Waals surface area contributed by atoms with Gasteiger partial charge in [0.2, 0.25) is 0 Å². The van der Waals surface area contributed by atoms with E-state index < -0.39 is 6.04 Å². The summed E-state index contributed by atoms with van der Waals surface area (Å²) in [4.78, 5) is 12.2. The lowest BCUT2D eigenvalue weighted by Crippen LogP contribution is -2.39. The van der Waals surface area contributed by atoms with Crippen LogP contribution in [-0.4, -0.2) is 45.3 Å². The molecule has 2 rings (SSSR count). The monoisotopic (exact) mass is 296 g/mol. The zero-order valence-corrected chi connectivity index (χ0v) is 12.5. The van der Waals surface area contributed by atoms with Crippen molar-refractivity contribution in [3.63, 3.8) is 0 Å². The fraction of sp³-hybridized carbons (Fsp3) is 0.786. The zero-order chi connectivity index (χ0) is 15.1. The van der Waals surface area contributed by atoms with Crippen LogP contribution in [0, 0.1) is 0 Å². The van der Waals surface area contributed by atoms with Gasteiger partial charge in [0.1, 0.15) is 5.69 Å². The summed E-state index contributed by atoms with van der Waals surface area (Å²) in [5, 5.41) is 20.2. The first kappa shape index (κ1) is 15.9. The number of hydrogen-bond donors (Lipinski definition) is 2. The van der Waals surface area contributed by atoms with Crippen LogP contribution in [0.2, 0.25) is 0 Å². The average molecular weight is 296 g/mol. The molecule has 0 spiro atoms. The number of esters is 1. The summed E-state index contributed by atoms with van der Waals surface area (Å²) >= 11 is 0. The highest BCUT2D eigenvalue weighted by Gasteiger charge is 2.28. The van der Waals surface area contributed by atoms with Crippen molar-refractivity contribution in [2.75, 3.05) is 13.2 Å². The Bertz CT molecular complexity index is 443. The van der Waals surface area contributed by atoms with E-state index in [0.717, 1.165) is 12.8 Å². The molecule has 1 fully saturated rings. The molecular formula is C14H24N4O3. The summed E-state index contributed by atoms with van der Waals surface area (Å²) in [6, 6.07) is -0.267. The van der Waals surface area contributed by atoms with Gasteiger partial charge in [0.15, 0.2) is 6.04 Å². The highest BCUT2D eigenvalue weighted by Crippen LogP contribution is 2.21. The van der Waals surface area contributed by atoms with Gasteiger partial charge in [-0.1, -0.05) is 24.5 Å². The normalized spacial score (nSPS) is 17.6. The molecular weight excluding hydrogens is 272 g/mol. The predicted molar refractivity (Wildman–Crippen MR) is 76.5 cm³/mol. The minimum Gasteiger partial charge on any atom is -0.465 e. The second-order valence-corrected chi connectivity index (χ2v) is 5.32. The highest BCUT2D eigenvalue weighted by molar-refractivity contribution is 5.77. The van der Waals surface area contributed by atoms with Crippen molar-refractivity contribution in [2.24, 2.45) is 0 Å². The first-order valence-electron chi connectivity index (χ1n) is 7.68. The zero-order valence-electron chi connectivity index (χ0n) is 12.5. The molecule has 1 atom stereocenters. The van der Waals surface area contributed by atoms with Crippen molar-refractivity contribution in [3.8, 4) is 0 Å². The van der Waals surface area contributed by atoms with E-state index in [-0.39, 0.29) is 12.6 Å². The van der Waals surface area contributed by atoms with Gasteiger partial charge < -0.3 is 9.84 Å². The third-order valence-electron chi connectivity index (χ3n) is 3.71. The second kappa shape index (κ2) is 8.09. The van der Waals surface area contributed by atoms with Gasteiger partial charge in [-0.25, -0.2) is 9.48 Å². The Morgan fingerprint density at radius 1 is 1.52 bits per heavy atom. The second-order valence-electron chi connectivity index (χ2n) is 5.32. The number of hydrogen-bond acceptors (Lipinski definition) is 6. The van der Waals surface area contributed by atoms with E-state index in [0.29, 0.717) is 24.9 Å². The number of rotatable bonds is 7. The minimum atomic E-state index is -0.583. The molecule has 0 bridgehead atoms. The molecule has 0 aromatic carbocycles. The largest absolute Gasteiger partial charge is 0.465 e. The molecule has 1 aliphatic rings. The van der Waals surface area contributed by atoms with Gasteiger partial charge in [-0.05, 0) is 19.8 Å². The van der Waals surface area contributed by atoms with Gasteiger partial charge in [-0.3, -0.25) is 5.32 Å². The fourth-order valence-electron chi connectivity index (χ4n) is 2.66. The van der Waals surface area contributed by atoms with E-state index in [4.69, 9.17) is 9.84 Å². The van der Waals surface area contributed by atoms with E-state index in [9.17, 15) is 4.79 Å². The Labute approximate surface area is 124 Å². The average Bonchev–Trinajstić information content (AvgIpc) is 2.95. The molecule has 0 radical (unpaired) electrons. The number of nitrogens with one attached hydrogen (secondary N) is 1. The van der Waals surface area contributed by atoms with Crippen LogP contribution in [0.15, 0.2) is 6.20 Å². The van der Waals surface area contributed by atoms with Crippen LogP contribution >= 0.6 is 0 Å². The van der Waals surface area contributed by atoms with E-state index in [1.54, 1.807) is 13.1 Å². The highest BCUT2D eigenvalue weighted by atomic mass is 16.5. The first-order chi connectivity index (χ1) is 10.2. The van der Waals surface area contributed by atoms with Crippen molar-refractivity contribution >= 4 is 5.97 Å². The Morgan fingerprint density at radius 2 is 2.29 bits per heavy atom. The molecule has 118 valence electrons. The van der Waals surface area contributed by atoms with Gasteiger partial charge in [0.25, 0.3) is 0 Å². The summed E-state index contributed by atoms with van der Waals surface area (Å²) < 4.78 is 6.67. The van der Waals surface area contributed by atoms with Crippen LogP contribution in [0.1, 0.15) is 50.8 Å². The van der Waals surface area contributed by atoms with Gasteiger partial charge in [0.05, 0.1) is 26.0 Å². The summed E-state index contributed by atoms with van der Waals surface area (Å²) in [6.07, 6.45) is 7.46. The maximum absolute atomic E-state index is 12.2. The number of aromatic nitrogens is 3. The molecule has 0 amide bonds. The van der Waals surface area contributed by atoms with E-state index in [1.165, 1.54) is 23.9 Å². The Kier molecular flexibility index (Phi) is 6.13. The van der Waals surface area contributed by atoms with Gasteiger partial charge in [0, 0.05) is 6.04 Å². The fourth-order valence-corrected chi connectivity index (χ4v) is 2.66. The van der Waals surface area contributed by atoms with Crippen LogP contribution in [0.3, 0.4) is 0 Å². The molecule has 1 aliphatic carbocycles. The van der Waals surface area contributed by atoms with Crippen LogP contribution in [0.5, 0.6) is 0 Å². The van der Waals surface area contributed by atoms with Crippen LogP contribution in [0.25, 0.3) is 0 Å². The molecule has 1 aromatic rings. The Balaban J connectivity index is 2.07. The van der Waals surface area contributed by atoms with Crippen molar-refractivity contribution < 1.29 is 14.6 Å². The lowest BCUT2D eigenvalue weighted by Gasteiger charge is -2.26. The third-order valence-corrected chi connectivity index (χ3v) is 3.71. The van der Waals surface area contributed by atoms with Crippen LogP contribution in [-0.2, 0) is 16.1 Å². The molecule has 0 saturated heterocycles. The number of carbonyl (C=O) groups is 1. The molecule has 0 aliphatic heterocycles. The van der Waals surface area contributed by atoms with E-state index in [2.05, 4.69) is 15.6 Å². The SMILES string of the molecule is CCOC(=O)C(NC1CCCCC1)c1cn(CCO)nn1. The van der Waals surface area contributed by atoms with Crippen LogP contribution < -0.4 is 5.32 Å².